The lowest BCUT2D eigenvalue weighted by atomic mass is 10.2. The van der Waals surface area contributed by atoms with E-state index in [1.165, 1.54) is 0 Å². The minimum absolute atomic E-state index is 0.636. The molecule has 0 radical (unpaired) electrons. The number of hydrogen-bond acceptors (Lipinski definition) is 0. The molecule has 0 bridgehead atoms. The summed E-state index contributed by atoms with van der Waals surface area (Å²) >= 11 is 5.88. The van der Waals surface area contributed by atoms with Crippen molar-refractivity contribution in [2.45, 2.75) is 45.3 Å². The summed E-state index contributed by atoms with van der Waals surface area (Å²) in [6, 6.07) is 10.2. The fourth-order valence-corrected chi connectivity index (χ4v) is 6.68. The molecule has 4 heteroatoms. The summed E-state index contributed by atoms with van der Waals surface area (Å²) in [4.78, 5) is 0. The van der Waals surface area contributed by atoms with Gasteiger partial charge in [0.05, 0.1) is 8.07 Å². The third kappa shape index (κ3) is 3.89. The van der Waals surface area contributed by atoms with Crippen LogP contribution in [0.15, 0.2) is 30.3 Å². The normalized spacial score (nSPS) is 13.1. The first-order valence-electron chi connectivity index (χ1n) is 6.75. The van der Waals surface area contributed by atoms with Crippen LogP contribution in [0.4, 0.5) is 8.78 Å². The number of halogens is 3. The summed E-state index contributed by atoms with van der Waals surface area (Å²) in [5.41, 5.74) is 0.905. The summed E-state index contributed by atoms with van der Waals surface area (Å²) in [7, 11) is -1.83. The van der Waals surface area contributed by atoms with Crippen LogP contribution in [0.1, 0.15) is 26.3 Å². The van der Waals surface area contributed by atoms with Gasteiger partial charge in [-0.25, -0.2) is 8.78 Å². The second-order valence-corrected chi connectivity index (χ2v) is 10.4. The molecule has 106 valence electrons. The highest BCUT2D eigenvalue weighted by Crippen LogP contribution is 2.36. The van der Waals surface area contributed by atoms with E-state index in [1.807, 2.05) is 12.1 Å². The molecule has 0 N–H and O–H groups in total. The van der Waals surface area contributed by atoms with Gasteiger partial charge in [-0.1, -0.05) is 67.8 Å². The van der Waals surface area contributed by atoms with Crippen molar-refractivity contribution in [3.05, 3.63) is 40.9 Å². The Labute approximate surface area is 120 Å². The molecule has 0 amide bonds. The zero-order valence-electron chi connectivity index (χ0n) is 11.7. The van der Waals surface area contributed by atoms with E-state index in [2.05, 4.69) is 20.8 Å². The Morgan fingerprint density at radius 2 is 1.58 bits per heavy atom. The van der Waals surface area contributed by atoms with Crippen molar-refractivity contribution in [3.8, 4) is 0 Å². The molecule has 1 aromatic rings. The van der Waals surface area contributed by atoms with Gasteiger partial charge in [-0.05, 0) is 23.8 Å². The van der Waals surface area contributed by atoms with Crippen molar-refractivity contribution in [1.29, 1.82) is 0 Å². The van der Waals surface area contributed by atoms with Crippen molar-refractivity contribution in [2.24, 2.45) is 0 Å². The van der Waals surface area contributed by atoms with Gasteiger partial charge in [-0.15, -0.1) is 0 Å². The molecule has 1 rings (SSSR count). The van der Waals surface area contributed by atoms with Gasteiger partial charge in [0.2, 0.25) is 0 Å². The number of rotatable bonds is 6. The smallest absolute Gasteiger partial charge is 0.206 e. The van der Waals surface area contributed by atoms with Crippen LogP contribution in [0.25, 0.3) is 5.20 Å². The van der Waals surface area contributed by atoms with Crippen LogP contribution in [-0.4, -0.2) is 14.5 Å². The van der Waals surface area contributed by atoms with Gasteiger partial charge in [-0.2, -0.15) is 0 Å². The lowest BCUT2D eigenvalue weighted by molar-refractivity contribution is 0.205. The van der Waals surface area contributed by atoms with Gasteiger partial charge < -0.3 is 0 Å². The van der Waals surface area contributed by atoms with E-state index in [9.17, 15) is 8.78 Å². The first-order valence-corrected chi connectivity index (χ1v) is 9.75. The van der Waals surface area contributed by atoms with Crippen LogP contribution in [-0.2, 0) is 0 Å². The first-order chi connectivity index (χ1) is 8.99. The van der Waals surface area contributed by atoms with Crippen LogP contribution in [0, 0.1) is 0 Å². The quantitative estimate of drug-likeness (QED) is 0.562. The largest absolute Gasteiger partial charge is 0.257 e. The molecule has 19 heavy (non-hydrogen) atoms. The molecule has 0 saturated carbocycles. The van der Waals surface area contributed by atoms with Crippen LogP contribution in [0.3, 0.4) is 0 Å². The van der Waals surface area contributed by atoms with E-state index in [-0.39, 0.29) is 0 Å². The average Bonchev–Trinajstić information content (AvgIpc) is 2.40. The van der Waals surface area contributed by atoms with E-state index in [4.69, 9.17) is 11.6 Å². The minimum atomic E-state index is -2.40. The standard InChI is InChI=1S/C15H21ClF2Si/c1-4-19(5-2,6-3)14(11-15(17)18)12-7-9-13(16)10-8-12/h7-11,15H,4-6H2,1-3H3/b14-11+. The van der Waals surface area contributed by atoms with Gasteiger partial charge in [0.25, 0.3) is 6.43 Å². The fraction of sp³-hybridized carbons (Fsp3) is 0.467. The van der Waals surface area contributed by atoms with Crippen LogP contribution < -0.4 is 0 Å². The molecule has 0 aromatic heterocycles. The van der Waals surface area contributed by atoms with Crippen molar-refractivity contribution < 1.29 is 8.78 Å². The first kappa shape index (κ1) is 16.4. The SMILES string of the molecule is CC[Si](CC)(CC)/C(=C/C(F)F)c1ccc(Cl)cc1. The zero-order valence-corrected chi connectivity index (χ0v) is 13.5. The summed E-state index contributed by atoms with van der Waals surface area (Å²) in [5, 5.41) is 1.52. The molecule has 0 atom stereocenters. The lowest BCUT2D eigenvalue weighted by Gasteiger charge is -2.32. The molecule has 0 heterocycles. The summed E-state index contributed by atoms with van der Waals surface area (Å²) in [5.74, 6) is 0. The Kier molecular flexibility index (Phi) is 6.21. The van der Waals surface area contributed by atoms with E-state index in [0.717, 1.165) is 35.0 Å². The van der Waals surface area contributed by atoms with E-state index >= 15 is 0 Å². The number of allylic oxidation sites excluding steroid dienone is 1. The van der Waals surface area contributed by atoms with Gasteiger partial charge in [0, 0.05) is 5.02 Å². The number of benzene rings is 1. The molecule has 0 aliphatic heterocycles. The Hall–Kier alpha value is -0.673. The molecule has 0 fully saturated rings. The maximum atomic E-state index is 12.9. The topological polar surface area (TPSA) is 0 Å². The predicted molar refractivity (Wildman–Crippen MR) is 82.6 cm³/mol. The second kappa shape index (κ2) is 7.20. The molecule has 1 aromatic carbocycles. The average molecular weight is 303 g/mol. The second-order valence-electron chi connectivity index (χ2n) is 4.76. The van der Waals surface area contributed by atoms with Crippen LogP contribution >= 0.6 is 11.6 Å². The summed E-state index contributed by atoms with van der Waals surface area (Å²) in [6.45, 7) is 6.36. The lowest BCUT2D eigenvalue weighted by Crippen LogP contribution is -2.34. The Morgan fingerprint density at radius 1 is 1.11 bits per heavy atom. The minimum Gasteiger partial charge on any atom is -0.206 e. The predicted octanol–water partition coefficient (Wildman–Crippen LogP) is 6.04. The van der Waals surface area contributed by atoms with Gasteiger partial charge in [0.1, 0.15) is 0 Å². The van der Waals surface area contributed by atoms with Crippen molar-refractivity contribution in [2.75, 3.05) is 0 Å². The summed E-state index contributed by atoms with van der Waals surface area (Å²) in [6.07, 6.45) is -1.24. The molecule has 0 unspecified atom stereocenters. The van der Waals surface area contributed by atoms with Gasteiger partial charge in [-0.3, -0.25) is 0 Å². The van der Waals surface area contributed by atoms with Crippen LogP contribution in [0.5, 0.6) is 0 Å². The highest BCUT2D eigenvalue weighted by molar-refractivity contribution is 6.96. The molecule has 0 saturated heterocycles. The van der Waals surface area contributed by atoms with Crippen molar-refractivity contribution >= 4 is 24.9 Å². The highest BCUT2D eigenvalue weighted by Gasteiger charge is 2.32. The molecular formula is C15H21ClF2Si. The molecular weight excluding hydrogens is 282 g/mol. The van der Waals surface area contributed by atoms with Crippen LogP contribution in [0.2, 0.25) is 23.2 Å². The van der Waals surface area contributed by atoms with Gasteiger partial charge >= 0.3 is 0 Å². The van der Waals surface area contributed by atoms with E-state index in [1.54, 1.807) is 12.1 Å². The molecule has 0 aliphatic rings. The number of alkyl halides is 2. The third-order valence-corrected chi connectivity index (χ3v) is 9.96. The Balaban J connectivity index is 3.33. The van der Waals surface area contributed by atoms with Crippen molar-refractivity contribution in [1.82, 2.24) is 0 Å². The maximum absolute atomic E-state index is 12.9. The molecule has 0 nitrogen and oxygen atoms in total. The highest BCUT2D eigenvalue weighted by atomic mass is 35.5. The Morgan fingerprint density at radius 3 is 1.95 bits per heavy atom. The molecule has 0 aliphatic carbocycles. The zero-order chi connectivity index (χ0) is 14.5. The van der Waals surface area contributed by atoms with E-state index in [0.29, 0.717) is 5.02 Å². The fourth-order valence-electron chi connectivity index (χ4n) is 2.66. The maximum Gasteiger partial charge on any atom is 0.257 e. The van der Waals surface area contributed by atoms with E-state index < -0.39 is 14.5 Å². The Bertz CT molecular complexity index is 414. The third-order valence-electron chi connectivity index (χ3n) is 4.05. The van der Waals surface area contributed by atoms with Gasteiger partial charge in [0.15, 0.2) is 0 Å². The number of hydrogen-bond donors (Lipinski definition) is 0. The monoisotopic (exact) mass is 302 g/mol. The molecule has 0 spiro atoms. The van der Waals surface area contributed by atoms with Crippen molar-refractivity contribution in [3.63, 3.8) is 0 Å². The summed E-state index contributed by atoms with van der Waals surface area (Å²) < 4.78 is 25.8.